The van der Waals surface area contributed by atoms with Crippen molar-refractivity contribution in [2.75, 3.05) is 0 Å². The van der Waals surface area contributed by atoms with Gasteiger partial charge in [0, 0.05) is 6.04 Å². The molecule has 0 aliphatic heterocycles. The normalized spacial score (nSPS) is 15.0. The van der Waals surface area contributed by atoms with E-state index in [0.717, 1.165) is 5.56 Å². The lowest BCUT2D eigenvalue weighted by atomic mass is 9.86. The number of aliphatic hydroxyl groups is 1. The van der Waals surface area contributed by atoms with E-state index in [9.17, 15) is 5.11 Å². The quantitative estimate of drug-likeness (QED) is 0.806. The van der Waals surface area contributed by atoms with Crippen molar-refractivity contribution in [1.29, 1.82) is 0 Å². The molecule has 0 fully saturated rings. The van der Waals surface area contributed by atoms with E-state index in [1.807, 2.05) is 6.92 Å². The van der Waals surface area contributed by atoms with Crippen molar-refractivity contribution in [3.63, 3.8) is 0 Å². The summed E-state index contributed by atoms with van der Waals surface area (Å²) in [5.74, 6) is 0. The first kappa shape index (κ1) is 13.2. The summed E-state index contributed by atoms with van der Waals surface area (Å²) in [6, 6.07) is -0.237. The highest BCUT2D eigenvalue weighted by Crippen LogP contribution is 2.31. The largest absolute Gasteiger partial charge is 0.387 e. The van der Waals surface area contributed by atoms with Crippen LogP contribution in [0.25, 0.3) is 0 Å². The molecule has 0 spiro atoms. The maximum absolute atomic E-state index is 10.2. The fourth-order valence-corrected chi connectivity index (χ4v) is 2.24. The molecule has 0 amide bonds. The van der Waals surface area contributed by atoms with Gasteiger partial charge in [-0.2, -0.15) is 0 Å². The lowest BCUT2D eigenvalue weighted by Gasteiger charge is -2.24. The zero-order valence-corrected chi connectivity index (χ0v) is 11.2. The van der Waals surface area contributed by atoms with Crippen LogP contribution in [0.4, 0.5) is 0 Å². The summed E-state index contributed by atoms with van der Waals surface area (Å²) in [7, 11) is 0. The minimum atomic E-state index is -0.571. The highest BCUT2D eigenvalue weighted by Gasteiger charge is 2.20. The summed E-state index contributed by atoms with van der Waals surface area (Å²) < 4.78 is 0. The van der Waals surface area contributed by atoms with Crippen LogP contribution in [0.2, 0.25) is 0 Å². The Morgan fingerprint density at radius 1 is 0.812 bits per heavy atom. The van der Waals surface area contributed by atoms with Crippen molar-refractivity contribution in [2.24, 2.45) is 5.73 Å². The van der Waals surface area contributed by atoms with Crippen LogP contribution >= 0.6 is 0 Å². The SMILES string of the molecule is Cc1c(C)c(C)c([C@H](O)[C@@H](C)N)c(C)c1C. The van der Waals surface area contributed by atoms with Gasteiger partial charge in [-0.1, -0.05) is 0 Å². The monoisotopic (exact) mass is 221 g/mol. The molecule has 16 heavy (non-hydrogen) atoms. The van der Waals surface area contributed by atoms with Crippen molar-refractivity contribution >= 4 is 0 Å². The molecule has 2 nitrogen and oxygen atoms in total. The Balaban J connectivity index is 3.51. The first-order valence-electron chi connectivity index (χ1n) is 5.79. The van der Waals surface area contributed by atoms with Gasteiger partial charge >= 0.3 is 0 Å². The van der Waals surface area contributed by atoms with E-state index in [1.165, 1.54) is 27.8 Å². The summed E-state index contributed by atoms with van der Waals surface area (Å²) in [5.41, 5.74) is 13.0. The third-order valence-electron chi connectivity index (χ3n) is 3.85. The molecule has 2 heteroatoms. The van der Waals surface area contributed by atoms with Gasteiger partial charge in [0.1, 0.15) is 0 Å². The maximum atomic E-state index is 10.2. The molecular weight excluding hydrogens is 198 g/mol. The number of benzene rings is 1. The average molecular weight is 221 g/mol. The Bertz CT molecular complexity index is 379. The third-order valence-corrected chi connectivity index (χ3v) is 3.85. The van der Waals surface area contributed by atoms with E-state index in [0.29, 0.717) is 0 Å². The van der Waals surface area contributed by atoms with Gasteiger partial charge in [-0.15, -0.1) is 0 Å². The van der Waals surface area contributed by atoms with E-state index in [1.54, 1.807) is 0 Å². The molecule has 0 aliphatic rings. The molecule has 0 aromatic heterocycles. The first-order chi connectivity index (χ1) is 7.29. The predicted octanol–water partition coefficient (Wildman–Crippen LogP) is 2.61. The van der Waals surface area contributed by atoms with Gasteiger partial charge in [-0.05, 0) is 74.9 Å². The molecule has 1 aromatic rings. The zero-order valence-electron chi connectivity index (χ0n) is 11.2. The van der Waals surface area contributed by atoms with Crippen LogP contribution in [-0.2, 0) is 0 Å². The van der Waals surface area contributed by atoms with Gasteiger partial charge in [0.15, 0.2) is 0 Å². The number of rotatable bonds is 2. The Kier molecular flexibility index (Phi) is 3.76. The first-order valence-corrected chi connectivity index (χ1v) is 5.79. The van der Waals surface area contributed by atoms with E-state index >= 15 is 0 Å². The number of hydrogen-bond donors (Lipinski definition) is 2. The minimum Gasteiger partial charge on any atom is -0.387 e. The highest BCUT2D eigenvalue weighted by molar-refractivity contribution is 5.50. The second-order valence-corrected chi connectivity index (χ2v) is 4.84. The van der Waals surface area contributed by atoms with Crippen molar-refractivity contribution < 1.29 is 5.11 Å². The van der Waals surface area contributed by atoms with Crippen LogP contribution in [0.3, 0.4) is 0 Å². The van der Waals surface area contributed by atoms with Crippen LogP contribution in [0.1, 0.15) is 46.4 Å². The Morgan fingerprint density at radius 2 is 1.12 bits per heavy atom. The molecule has 2 atom stereocenters. The molecule has 0 saturated heterocycles. The third kappa shape index (κ3) is 2.00. The van der Waals surface area contributed by atoms with Crippen LogP contribution in [-0.4, -0.2) is 11.1 Å². The van der Waals surface area contributed by atoms with Crippen LogP contribution in [0, 0.1) is 34.6 Å². The summed E-state index contributed by atoms with van der Waals surface area (Å²) >= 11 is 0. The summed E-state index contributed by atoms with van der Waals surface area (Å²) in [5, 5.41) is 10.2. The van der Waals surface area contributed by atoms with E-state index in [4.69, 9.17) is 5.73 Å². The predicted molar refractivity (Wildman–Crippen MR) is 68.7 cm³/mol. The van der Waals surface area contributed by atoms with Gasteiger partial charge in [0.05, 0.1) is 6.10 Å². The smallest absolute Gasteiger partial charge is 0.0943 e. The van der Waals surface area contributed by atoms with Crippen LogP contribution in [0.5, 0.6) is 0 Å². The molecule has 90 valence electrons. The van der Waals surface area contributed by atoms with Gasteiger partial charge in [0.2, 0.25) is 0 Å². The van der Waals surface area contributed by atoms with Crippen molar-refractivity contribution in [2.45, 2.75) is 53.7 Å². The van der Waals surface area contributed by atoms with Crippen LogP contribution in [0.15, 0.2) is 0 Å². The number of aliphatic hydroxyl groups excluding tert-OH is 1. The second-order valence-electron chi connectivity index (χ2n) is 4.84. The van der Waals surface area contributed by atoms with Crippen molar-refractivity contribution in [1.82, 2.24) is 0 Å². The maximum Gasteiger partial charge on any atom is 0.0943 e. The molecule has 0 aliphatic carbocycles. The summed E-state index contributed by atoms with van der Waals surface area (Å²) in [6.07, 6.45) is -0.571. The topological polar surface area (TPSA) is 46.2 Å². The van der Waals surface area contributed by atoms with Crippen LogP contribution < -0.4 is 5.73 Å². The van der Waals surface area contributed by atoms with E-state index < -0.39 is 6.10 Å². The molecule has 0 radical (unpaired) electrons. The summed E-state index contributed by atoms with van der Waals surface area (Å²) in [4.78, 5) is 0. The molecular formula is C14H23NO. The Morgan fingerprint density at radius 3 is 1.44 bits per heavy atom. The molecule has 1 aromatic carbocycles. The van der Waals surface area contributed by atoms with Gasteiger partial charge in [0.25, 0.3) is 0 Å². The molecule has 3 N–H and O–H groups in total. The van der Waals surface area contributed by atoms with Gasteiger partial charge in [-0.3, -0.25) is 0 Å². The fourth-order valence-electron chi connectivity index (χ4n) is 2.24. The van der Waals surface area contributed by atoms with Crippen molar-refractivity contribution in [3.8, 4) is 0 Å². The molecule has 0 heterocycles. The molecule has 0 unspecified atom stereocenters. The number of hydrogen-bond acceptors (Lipinski definition) is 2. The van der Waals surface area contributed by atoms with E-state index in [2.05, 4.69) is 34.6 Å². The molecule has 1 rings (SSSR count). The van der Waals surface area contributed by atoms with Gasteiger partial charge in [-0.25, -0.2) is 0 Å². The lowest BCUT2D eigenvalue weighted by molar-refractivity contribution is 0.152. The average Bonchev–Trinajstić information content (AvgIpc) is 2.23. The standard InChI is InChI=1S/C14H23NO/c1-7-8(2)10(4)13(11(5)9(7)3)14(16)12(6)15/h12,14,16H,15H2,1-6H3/t12-,14-/m1/s1. The second kappa shape index (κ2) is 4.56. The summed E-state index contributed by atoms with van der Waals surface area (Å²) in [6.45, 7) is 12.3. The zero-order chi connectivity index (χ0) is 12.6. The Hall–Kier alpha value is -0.860. The lowest BCUT2D eigenvalue weighted by Crippen LogP contribution is -2.26. The fraction of sp³-hybridized carbons (Fsp3) is 0.571. The van der Waals surface area contributed by atoms with Gasteiger partial charge < -0.3 is 10.8 Å². The van der Waals surface area contributed by atoms with E-state index in [-0.39, 0.29) is 6.04 Å². The molecule has 0 saturated carbocycles. The Labute approximate surface area is 98.5 Å². The van der Waals surface area contributed by atoms with Crippen molar-refractivity contribution in [3.05, 3.63) is 33.4 Å². The molecule has 0 bridgehead atoms. The minimum absolute atomic E-state index is 0.237. The number of nitrogens with two attached hydrogens (primary N) is 1. The highest BCUT2D eigenvalue weighted by atomic mass is 16.3.